The van der Waals surface area contributed by atoms with Crippen molar-refractivity contribution in [2.75, 3.05) is 11.9 Å². The second-order valence-electron chi connectivity index (χ2n) is 7.20. The maximum Gasteiger partial charge on any atom is 0.308 e. The number of anilines is 1. The van der Waals surface area contributed by atoms with Crippen LogP contribution in [0.25, 0.3) is 0 Å². The summed E-state index contributed by atoms with van der Waals surface area (Å²) in [6, 6.07) is 22.3. The number of amides is 2. The third kappa shape index (κ3) is 6.68. The second-order valence-corrected chi connectivity index (χ2v) is 7.60. The number of carbonyl (C=O) groups excluding carboxylic acids is 3. The molecule has 0 aliphatic carbocycles. The van der Waals surface area contributed by atoms with Gasteiger partial charge >= 0.3 is 5.97 Å². The minimum absolute atomic E-state index is 0.141. The third-order valence-electron chi connectivity index (χ3n) is 4.70. The Labute approximate surface area is 191 Å². The highest BCUT2D eigenvalue weighted by Crippen LogP contribution is 2.21. The van der Waals surface area contributed by atoms with Crippen molar-refractivity contribution in [1.29, 1.82) is 0 Å². The van der Waals surface area contributed by atoms with Crippen molar-refractivity contribution in [3.8, 4) is 0 Å². The van der Waals surface area contributed by atoms with Gasteiger partial charge in [0.15, 0.2) is 6.61 Å². The summed E-state index contributed by atoms with van der Waals surface area (Å²) < 4.78 is 5.13. The smallest absolute Gasteiger partial charge is 0.308 e. The van der Waals surface area contributed by atoms with Crippen molar-refractivity contribution in [3.63, 3.8) is 0 Å². The van der Waals surface area contributed by atoms with Crippen LogP contribution in [-0.2, 0) is 14.3 Å². The average molecular weight is 451 g/mol. The van der Waals surface area contributed by atoms with Crippen LogP contribution in [0.3, 0.4) is 0 Å². The third-order valence-corrected chi connectivity index (χ3v) is 5.03. The number of hydrogen-bond acceptors (Lipinski definition) is 4. The molecule has 0 radical (unpaired) electrons. The zero-order valence-corrected chi connectivity index (χ0v) is 18.3. The van der Waals surface area contributed by atoms with Gasteiger partial charge < -0.3 is 15.4 Å². The van der Waals surface area contributed by atoms with Crippen molar-refractivity contribution < 1.29 is 19.1 Å². The molecule has 3 rings (SSSR count). The molecule has 1 unspecified atom stereocenters. The molecule has 1 atom stereocenters. The first-order valence-electron chi connectivity index (χ1n) is 10.0. The molecule has 0 spiro atoms. The molecule has 2 N–H and O–H groups in total. The molecule has 32 heavy (non-hydrogen) atoms. The van der Waals surface area contributed by atoms with E-state index in [0.717, 1.165) is 11.1 Å². The fourth-order valence-electron chi connectivity index (χ4n) is 3.02. The summed E-state index contributed by atoms with van der Waals surface area (Å²) in [5.41, 5.74) is 2.72. The molecular formula is C25H23ClN2O4. The maximum atomic E-state index is 12.7. The molecule has 0 bridgehead atoms. The Morgan fingerprint density at radius 3 is 2.25 bits per heavy atom. The topological polar surface area (TPSA) is 84.5 Å². The van der Waals surface area contributed by atoms with Crippen molar-refractivity contribution in [3.05, 3.63) is 101 Å². The van der Waals surface area contributed by atoms with E-state index < -0.39 is 30.4 Å². The maximum absolute atomic E-state index is 12.7. The van der Waals surface area contributed by atoms with E-state index >= 15 is 0 Å². The van der Waals surface area contributed by atoms with Crippen LogP contribution in [0, 0.1) is 6.92 Å². The fourth-order valence-corrected chi connectivity index (χ4v) is 3.25. The molecule has 0 aromatic heterocycles. The zero-order valence-electron chi connectivity index (χ0n) is 17.5. The zero-order chi connectivity index (χ0) is 22.9. The van der Waals surface area contributed by atoms with Gasteiger partial charge in [-0.3, -0.25) is 14.4 Å². The first kappa shape index (κ1) is 23.0. The Morgan fingerprint density at radius 2 is 1.56 bits per heavy atom. The van der Waals surface area contributed by atoms with Crippen LogP contribution in [0.1, 0.15) is 33.9 Å². The summed E-state index contributed by atoms with van der Waals surface area (Å²) in [5.74, 6) is -1.47. The van der Waals surface area contributed by atoms with E-state index in [4.69, 9.17) is 16.3 Å². The Hall–Kier alpha value is -3.64. The lowest BCUT2D eigenvalue weighted by atomic mass is 10.0. The largest absolute Gasteiger partial charge is 0.455 e. The van der Waals surface area contributed by atoms with Crippen LogP contribution in [0.5, 0.6) is 0 Å². The molecule has 0 heterocycles. The lowest BCUT2D eigenvalue weighted by Gasteiger charge is -2.19. The molecule has 164 valence electrons. The number of benzene rings is 3. The molecule has 0 saturated carbocycles. The normalized spacial score (nSPS) is 11.3. The van der Waals surface area contributed by atoms with E-state index in [1.54, 1.807) is 48.5 Å². The van der Waals surface area contributed by atoms with Gasteiger partial charge in [-0.1, -0.05) is 71.8 Å². The highest BCUT2D eigenvalue weighted by atomic mass is 35.5. The SMILES string of the molecule is Cc1ccc(NC(=O)COC(=O)CC(NC(=O)c2ccccc2Cl)c2ccccc2)cc1. The molecule has 0 fully saturated rings. The highest BCUT2D eigenvalue weighted by Gasteiger charge is 2.21. The number of esters is 1. The van der Waals surface area contributed by atoms with E-state index in [0.29, 0.717) is 16.3 Å². The van der Waals surface area contributed by atoms with Gasteiger partial charge in [-0.05, 0) is 36.8 Å². The quantitative estimate of drug-likeness (QED) is 0.487. The van der Waals surface area contributed by atoms with Crippen LogP contribution in [-0.4, -0.2) is 24.4 Å². The molecule has 7 heteroatoms. The first-order valence-corrected chi connectivity index (χ1v) is 10.4. The van der Waals surface area contributed by atoms with Gasteiger partial charge in [0.25, 0.3) is 11.8 Å². The van der Waals surface area contributed by atoms with Crippen LogP contribution in [0.4, 0.5) is 5.69 Å². The summed E-state index contributed by atoms with van der Waals surface area (Å²) >= 11 is 6.12. The summed E-state index contributed by atoms with van der Waals surface area (Å²) in [7, 11) is 0. The van der Waals surface area contributed by atoms with Gasteiger partial charge in [0.2, 0.25) is 0 Å². The van der Waals surface area contributed by atoms with Crippen molar-refractivity contribution in [1.82, 2.24) is 5.32 Å². The van der Waals surface area contributed by atoms with Crippen molar-refractivity contribution >= 4 is 35.1 Å². The monoisotopic (exact) mass is 450 g/mol. The number of rotatable bonds is 8. The second kappa shape index (κ2) is 11.1. The predicted molar refractivity (Wildman–Crippen MR) is 123 cm³/mol. The first-order chi connectivity index (χ1) is 15.4. The standard InChI is InChI=1S/C25H23ClN2O4/c1-17-11-13-19(14-12-17)27-23(29)16-32-24(30)15-22(18-7-3-2-4-8-18)28-25(31)20-9-5-6-10-21(20)26/h2-14,22H,15-16H2,1H3,(H,27,29)(H,28,31). The number of hydrogen-bond donors (Lipinski definition) is 2. The number of halogens is 1. The number of carbonyl (C=O) groups is 3. The van der Waals surface area contributed by atoms with Gasteiger partial charge in [0, 0.05) is 5.69 Å². The molecular weight excluding hydrogens is 428 g/mol. The Morgan fingerprint density at radius 1 is 0.906 bits per heavy atom. The van der Waals surface area contributed by atoms with Gasteiger partial charge in [-0.15, -0.1) is 0 Å². The highest BCUT2D eigenvalue weighted by molar-refractivity contribution is 6.33. The van der Waals surface area contributed by atoms with Gasteiger partial charge in [-0.25, -0.2) is 0 Å². The minimum Gasteiger partial charge on any atom is -0.455 e. The summed E-state index contributed by atoms with van der Waals surface area (Å²) in [5, 5.41) is 5.81. The molecule has 0 aliphatic heterocycles. The van der Waals surface area contributed by atoms with Gasteiger partial charge in [0.1, 0.15) is 0 Å². The number of aryl methyl sites for hydroxylation is 1. The molecule has 0 saturated heterocycles. The lowest BCUT2D eigenvalue weighted by Crippen LogP contribution is -2.31. The van der Waals surface area contributed by atoms with Gasteiger partial charge in [-0.2, -0.15) is 0 Å². The van der Waals surface area contributed by atoms with E-state index in [9.17, 15) is 14.4 Å². The molecule has 6 nitrogen and oxygen atoms in total. The predicted octanol–water partition coefficient (Wildman–Crippen LogP) is 4.69. The van der Waals surface area contributed by atoms with E-state index in [2.05, 4.69) is 10.6 Å². The number of ether oxygens (including phenoxy) is 1. The van der Waals surface area contributed by atoms with E-state index in [-0.39, 0.29) is 6.42 Å². The molecule has 3 aromatic rings. The molecule has 2 amide bonds. The van der Waals surface area contributed by atoms with Crippen LogP contribution in [0.2, 0.25) is 5.02 Å². The van der Waals surface area contributed by atoms with Crippen molar-refractivity contribution in [2.24, 2.45) is 0 Å². The Bertz CT molecular complexity index is 1080. The fraction of sp³-hybridized carbons (Fsp3) is 0.160. The molecule has 3 aromatic carbocycles. The summed E-state index contributed by atoms with van der Waals surface area (Å²) in [4.78, 5) is 37.2. The summed E-state index contributed by atoms with van der Waals surface area (Å²) in [6.07, 6.45) is -0.141. The van der Waals surface area contributed by atoms with Gasteiger partial charge in [0.05, 0.1) is 23.0 Å². The summed E-state index contributed by atoms with van der Waals surface area (Å²) in [6.45, 7) is 1.52. The van der Waals surface area contributed by atoms with Crippen LogP contribution < -0.4 is 10.6 Å². The Balaban J connectivity index is 1.61. The Kier molecular flexibility index (Phi) is 8.00. The van der Waals surface area contributed by atoms with Crippen LogP contribution in [0.15, 0.2) is 78.9 Å². The molecule has 0 aliphatic rings. The van der Waals surface area contributed by atoms with E-state index in [1.807, 2.05) is 37.3 Å². The van der Waals surface area contributed by atoms with Crippen molar-refractivity contribution in [2.45, 2.75) is 19.4 Å². The number of nitrogens with one attached hydrogen (secondary N) is 2. The lowest BCUT2D eigenvalue weighted by molar-refractivity contribution is -0.147. The van der Waals surface area contributed by atoms with E-state index in [1.165, 1.54) is 0 Å². The van der Waals surface area contributed by atoms with Crippen LogP contribution >= 0.6 is 11.6 Å². The average Bonchev–Trinajstić information content (AvgIpc) is 2.79. The minimum atomic E-state index is -0.646.